The minimum atomic E-state index is -4.59. The zero-order valence-corrected chi connectivity index (χ0v) is 15.2. The van der Waals surface area contributed by atoms with Crippen LogP contribution in [0.25, 0.3) is 0 Å². The number of para-hydroxylation sites is 1. The van der Waals surface area contributed by atoms with Gasteiger partial charge in [0.1, 0.15) is 6.04 Å². The summed E-state index contributed by atoms with van der Waals surface area (Å²) in [7, 11) is -4.59. The molecular formula is C12H15N4NaO5S. The van der Waals surface area contributed by atoms with Crippen LogP contribution in [0, 0.1) is 0 Å². The van der Waals surface area contributed by atoms with Crippen molar-refractivity contribution in [2.45, 2.75) is 18.5 Å². The minimum Gasteiger partial charge on any atom is -1.00 e. The predicted molar refractivity (Wildman–Crippen MR) is 76.9 cm³/mol. The molecule has 11 heteroatoms. The number of rotatable bonds is 2. The molecule has 3 amide bonds. The third-order valence-electron chi connectivity index (χ3n) is 3.87. The summed E-state index contributed by atoms with van der Waals surface area (Å²) in [5.41, 5.74) is 0.453. The molecule has 0 spiro atoms. The second-order valence-electron chi connectivity index (χ2n) is 5.09. The van der Waals surface area contributed by atoms with Crippen molar-refractivity contribution in [1.29, 1.82) is 0 Å². The van der Waals surface area contributed by atoms with Gasteiger partial charge in [-0.3, -0.25) is 9.35 Å². The Balaban J connectivity index is 0.00000144. The summed E-state index contributed by atoms with van der Waals surface area (Å²) in [5.74, 6) is 4.95. The molecular weight excluding hydrogens is 335 g/mol. The first-order valence-electron chi connectivity index (χ1n) is 6.53. The Hall–Kier alpha value is -1.17. The van der Waals surface area contributed by atoms with Crippen LogP contribution in [-0.4, -0.2) is 52.7 Å². The van der Waals surface area contributed by atoms with Crippen molar-refractivity contribution >= 4 is 27.9 Å². The molecule has 0 aliphatic carbocycles. The first kappa shape index (κ1) is 18.2. The maximum Gasteiger partial charge on any atom is 1.00 e. The number of amides is 3. The summed E-state index contributed by atoms with van der Waals surface area (Å²) in [6.07, 6.45) is 0.268. The van der Waals surface area contributed by atoms with Crippen LogP contribution in [0.5, 0.6) is 0 Å². The first-order chi connectivity index (χ1) is 10.3. The molecule has 2 saturated heterocycles. The summed E-state index contributed by atoms with van der Waals surface area (Å²) in [5, 5.41) is 0.908. The van der Waals surface area contributed by atoms with Gasteiger partial charge in [0.2, 0.25) is 0 Å². The van der Waals surface area contributed by atoms with Crippen LogP contribution < -0.4 is 40.4 Å². The van der Waals surface area contributed by atoms with Crippen LogP contribution in [0.4, 0.5) is 10.5 Å². The summed E-state index contributed by atoms with van der Waals surface area (Å²) < 4.78 is 31.7. The molecule has 2 aliphatic heterocycles. The maximum absolute atomic E-state index is 12.4. The fourth-order valence-corrected chi connectivity index (χ4v) is 3.77. The fourth-order valence-electron chi connectivity index (χ4n) is 2.87. The fraction of sp³-hybridized carbons (Fsp3) is 0.333. The molecule has 2 fully saturated rings. The van der Waals surface area contributed by atoms with Crippen molar-refractivity contribution in [2.75, 3.05) is 11.6 Å². The molecule has 2 atom stereocenters. The van der Waals surface area contributed by atoms with E-state index in [4.69, 9.17) is 10.4 Å². The molecule has 2 heterocycles. The zero-order chi connectivity index (χ0) is 16.1. The number of anilines is 1. The van der Waals surface area contributed by atoms with E-state index in [-0.39, 0.29) is 43.9 Å². The van der Waals surface area contributed by atoms with Gasteiger partial charge in [0.25, 0.3) is 5.91 Å². The van der Waals surface area contributed by atoms with Crippen LogP contribution in [0.3, 0.4) is 0 Å². The molecule has 0 bridgehead atoms. The zero-order valence-electron chi connectivity index (χ0n) is 13.4. The van der Waals surface area contributed by atoms with Gasteiger partial charge in [0, 0.05) is 6.54 Å². The topological polar surface area (TPSA) is 124 Å². The predicted octanol–water partition coefficient (Wildman–Crippen LogP) is -3.31. The van der Waals surface area contributed by atoms with Crippen LogP contribution in [0.1, 0.15) is 7.85 Å². The quantitative estimate of drug-likeness (QED) is 0.144. The van der Waals surface area contributed by atoms with E-state index in [2.05, 4.69) is 0 Å². The molecule has 1 aromatic rings. The minimum absolute atomic E-state index is 0. The van der Waals surface area contributed by atoms with E-state index in [0.29, 0.717) is 9.99 Å². The molecule has 3 rings (SSSR count). The molecule has 0 unspecified atom stereocenters. The Morgan fingerprint density at radius 1 is 1.35 bits per heavy atom. The number of hydrazine groups is 1. The number of carbonyl (C=O) groups excluding carboxylic acids is 2. The Kier molecular flexibility index (Phi) is 5.04. The Labute approximate surface area is 156 Å². The Bertz CT molecular complexity index is 734. The molecule has 0 aromatic heterocycles. The number of nitrogens with zero attached hydrogens (tertiary/aromatic N) is 3. The van der Waals surface area contributed by atoms with E-state index in [1.807, 2.05) is 0 Å². The smallest absolute Gasteiger partial charge is 1.00 e. The number of hydrogen-bond donors (Lipinski definition) is 2. The van der Waals surface area contributed by atoms with Gasteiger partial charge in [0.15, 0.2) is 0 Å². The molecule has 3 N–H and O–H groups in total. The van der Waals surface area contributed by atoms with E-state index in [1.165, 1.54) is 4.90 Å². The first-order valence-corrected chi connectivity index (χ1v) is 7.93. The number of fused-ring (bicyclic) bond motifs is 1. The Morgan fingerprint density at radius 3 is 2.52 bits per heavy atom. The van der Waals surface area contributed by atoms with E-state index < -0.39 is 34.3 Å². The van der Waals surface area contributed by atoms with Crippen molar-refractivity contribution in [1.82, 2.24) is 9.21 Å². The van der Waals surface area contributed by atoms with Gasteiger partial charge in [-0.05, 0) is 18.6 Å². The van der Waals surface area contributed by atoms with Gasteiger partial charge in [-0.2, -0.15) is 8.42 Å². The monoisotopic (exact) mass is 350 g/mol. The molecule has 23 heavy (non-hydrogen) atoms. The molecule has 0 radical (unpaired) electrons. The van der Waals surface area contributed by atoms with Crippen molar-refractivity contribution < 1.29 is 53.5 Å². The second kappa shape index (κ2) is 6.38. The summed E-state index contributed by atoms with van der Waals surface area (Å²) in [6.45, 7) is 0.187. The number of β-lactam (4-membered cyclic amide) rings is 1. The van der Waals surface area contributed by atoms with Gasteiger partial charge >= 0.3 is 45.9 Å². The molecule has 9 nitrogen and oxygen atoms in total. The molecule has 1 aromatic carbocycles. The number of benzene rings is 1. The van der Waals surface area contributed by atoms with Crippen LogP contribution in [0.15, 0.2) is 30.3 Å². The normalized spacial score (nSPS) is 23.0. The number of nitrogens with two attached hydrogens (primary N) is 1. The van der Waals surface area contributed by atoms with Crippen molar-refractivity contribution in [3.63, 3.8) is 0 Å². The van der Waals surface area contributed by atoms with Crippen molar-refractivity contribution in [3.05, 3.63) is 30.3 Å². The maximum atomic E-state index is 12.4. The second-order valence-corrected chi connectivity index (χ2v) is 6.38. The largest absolute Gasteiger partial charge is 1.00 e. The SMILES string of the molecule is NN(C(=O)N1CC[C@@H]2[C@H]1C(=O)N2S(=O)(=O)O)c1ccccc1.[H-].[Na+]. The molecule has 0 saturated carbocycles. The van der Waals surface area contributed by atoms with E-state index >= 15 is 0 Å². The van der Waals surface area contributed by atoms with E-state index in [1.54, 1.807) is 30.3 Å². The molecule has 120 valence electrons. The third kappa shape index (κ3) is 2.97. The van der Waals surface area contributed by atoms with Crippen LogP contribution in [-0.2, 0) is 15.1 Å². The number of likely N-dealkylation sites (tertiary alicyclic amines) is 1. The number of hydrogen-bond acceptors (Lipinski definition) is 5. The summed E-state index contributed by atoms with van der Waals surface area (Å²) >= 11 is 0. The van der Waals surface area contributed by atoms with Crippen molar-refractivity contribution in [3.8, 4) is 0 Å². The molecule has 2 aliphatic rings. The number of carbonyl (C=O) groups is 2. The van der Waals surface area contributed by atoms with Crippen LogP contribution >= 0.6 is 0 Å². The van der Waals surface area contributed by atoms with Crippen LogP contribution in [0.2, 0.25) is 0 Å². The van der Waals surface area contributed by atoms with Gasteiger partial charge in [-0.25, -0.2) is 20.0 Å². The number of urea groups is 1. The average molecular weight is 350 g/mol. The van der Waals surface area contributed by atoms with Gasteiger partial charge in [-0.15, -0.1) is 0 Å². The third-order valence-corrected chi connectivity index (χ3v) is 4.82. The standard InChI is InChI=1S/C12H14N4O5S.Na.H/c13-15(8-4-2-1-3-5-8)12(18)14-7-6-9-10(14)11(17)16(9)22(19,20)21;;/h1-5,9-10H,6-7,13H2,(H,19,20,21);;/q;+1;-1/t9-,10+;;/m1../s1. The summed E-state index contributed by atoms with van der Waals surface area (Å²) in [4.78, 5) is 25.5. The van der Waals surface area contributed by atoms with Gasteiger partial charge in [-0.1, -0.05) is 18.2 Å². The average Bonchev–Trinajstić information content (AvgIpc) is 2.83. The van der Waals surface area contributed by atoms with Gasteiger partial charge < -0.3 is 6.33 Å². The van der Waals surface area contributed by atoms with Gasteiger partial charge in [0.05, 0.1) is 11.7 Å². The van der Waals surface area contributed by atoms with E-state index in [0.717, 1.165) is 5.01 Å². The Morgan fingerprint density at radius 2 is 1.96 bits per heavy atom. The van der Waals surface area contributed by atoms with Crippen molar-refractivity contribution in [2.24, 2.45) is 5.84 Å². The van der Waals surface area contributed by atoms with E-state index in [9.17, 15) is 18.0 Å². The summed E-state index contributed by atoms with van der Waals surface area (Å²) in [6, 6.07) is 6.25.